The molecule has 3 nitrogen and oxygen atoms in total. The highest BCUT2D eigenvalue weighted by Crippen LogP contribution is 2.17. The van der Waals surface area contributed by atoms with E-state index >= 15 is 0 Å². The molecule has 0 aliphatic rings. The molecule has 1 rings (SSSR count). The highest BCUT2D eigenvalue weighted by atomic mass is 16.4. The van der Waals surface area contributed by atoms with E-state index in [0.29, 0.717) is 11.3 Å². The van der Waals surface area contributed by atoms with Crippen LogP contribution in [-0.2, 0) is 6.42 Å². The third-order valence-corrected chi connectivity index (χ3v) is 2.12. The number of pyridine rings is 1. The van der Waals surface area contributed by atoms with E-state index in [1.54, 1.807) is 12.1 Å². The van der Waals surface area contributed by atoms with Crippen molar-refractivity contribution in [2.45, 2.75) is 33.1 Å². The van der Waals surface area contributed by atoms with E-state index in [2.05, 4.69) is 4.98 Å². The molecule has 0 aromatic carbocycles. The molecule has 0 radical (unpaired) electrons. The summed E-state index contributed by atoms with van der Waals surface area (Å²) in [7, 11) is 0. The Morgan fingerprint density at radius 1 is 1.50 bits per heavy atom. The van der Waals surface area contributed by atoms with E-state index in [9.17, 15) is 4.79 Å². The lowest BCUT2D eigenvalue weighted by atomic mass is 10.0. The van der Waals surface area contributed by atoms with Gasteiger partial charge in [-0.15, -0.1) is 0 Å². The summed E-state index contributed by atoms with van der Waals surface area (Å²) in [5, 5.41) is 8.94. The summed E-state index contributed by atoms with van der Waals surface area (Å²) in [4.78, 5) is 15.2. The number of carboxylic acid groups (broad SMARTS) is 1. The molecule has 76 valence electrons. The van der Waals surface area contributed by atoms with E-state index < -0.39 is 5.97 Å². The molecular weight excluding hydrogens is 178 g/mol. The highest BCUT2D eigenvalue weighted by molar-refractivity contribution is 5.89. The Hall–Kier alpha value is -1.38. The molecular formula is C11H15NO2. The molecule has 0 saturated carbocycles. The van der Waals surface area contributed by atoms with Crippen molar-refractivity contribution < 1.29 is 9.90 Å². The Balaban J connectivity index is 3.24. The largest absolute Gasteiger partial charge is 0.478 e. The fourth-order valence-corrected chi connectivity index (χ4v) is 1.33. The molecule has 0 unspecified atom stereocenters. The maximum absolute atomic E-state index is 10.9. The van der Waals surface area contributed by atoms with Crippen LogP contribution in [0.25, 0.3) is 0 Å². The van der Waals surface area contributed by atoms with Crippen LogP contribution in [0.15, 0.2) is 12.1 Å². The van der Waals surface area contributed by atoms with Gasteiger partial charge in [-0.2, -0.15) is 0 Å². The number of carboxylic acids is 1. The second kappa shape index (κ2) is 4.22. The van der Waals surface area contributed by atoms with Crippen molar-refractivity contribution in [3.05, 3.63) is 29.1 Å². The lowest BCUT2D eigenvalue weighted by molar-refractivity contribution is 0.0694. The summed E-state index contributed by atoms with van der Waals surface area (Å²) in [5.74, 6) is -0.753. The van der Waals surface area contributed by atoms with Crippen LogP contribution >= 0.6 is 0 Å². The van der Waals surface area contributed by atoms with Crippen molar-refractivity contribution in [3.63, 3.8) is 0 Å². The van der Waals surface area contributed by atoms with Crippen LogP contribution in [0.4, 0.5) is 0 Å². The molecule has 1 aromatic heterocycles. The van der Waals surface area contributed by atoms with Gasteiger partial charge in [-0.05, 0) is 24.5 Å². The van der Waals surface area contributed by atoms with Crippen molar-refractivity contribution in [3.8, 4) is 0 Å². The summed E-state index contributed by atoms with van der Waals surface area (Å²) in [6, 6.07) is 3.42. The summed E-state index contributed by atoms with van der Waals surface area (Å²) in [6.07, 6.45) is 0.833. The van der Waals surface area contributed by atoms with Gasteiger partial charge in [-0.1, -0.05) is 20.8 Å². The Labute approximate surface area is 83.8 Å². The first-order valence-electron chi connectivity index (χ1n) is 4.79. The van der Waals surface area contributed by atoms with Crippen LogP contribution in [0.2, 0.25) is 0 Å². The average Bonchev–Trinajstić information content (AvgIpc) is 2.16. The van der Waals surface area contributed by atoms with E-state index in [0.717, 1.165) is 12.1 Å². The van der Waals surface area contributed by atoms with Gasteiger partial charge in [-0.3, -0.25) is 4.98 Å². The van der Waals surface area contributed by atoms with Crippen molar-refractivity contribution in [2.75, 3.05) is 0 Å². The Bertz CT molecular complexity index is 345. The molecule has 0 fully saturated rings. The minimum Gasteiger partial charge on any atom is -0.478 e. The highest BCUT2D eigenvalue weighted by Gasteiger charge is 2.14. The predicted molar refractivity (Wildman–Crippen MR) is 54.7 cm³/mol. The van der Waals surface area contributed by atoms with E-state index in [1.807, 2.05) is 20.8 Å². The number of aromatic nitrogens is 1. The fraction of sp³-hybridized carbons (Fsp3) is 0.455. The van der Waals surface area contributed by atoms with E-state index in [1.165, 1.54) is 0 Å². The van der Waals surface area contributed by atoms with Crippen LogP contribution in [0.1, 0.15) is 48.4 Å². The zero-order valence-corrected chi connectivity index (χ0v) is 8.74. The van der Waals surface area contributed by atoms with Gasteiger partial charge in [0, 0.05) is 5.69 Å². The van der Waals surface area contributed by atoms with Gasteiger partial charge < -0.3 is 5.11 Å². The van der Waals surface area contributed by atoms with Crippen molar-refractivity contribution >= 4 is 5.97 Å². The van der Waals surface area contributed by atoms with Crippen LogP contribution in [0.3, 0.4) is 0 Å². The summed E-state index contributed by atoms with van der Waals surface area (Å²) < 4.78 is 0. The SMILES string of the molecule is CCc1ccc(C(=O)O)c(C(C)C)n1. The molecule has 0 aliphatic heterocycles. The summed E-state index contributed by atoms with van der Waals surface area (Å²) in [5.41, 5.74) is 1.94. The molecule has 0 spiro atoms. The Morgan fingerprint density at radius 3 is 2.57 bits per heavy atom. The maximum Gasteiger partial charge on any atom is 0.337 e. The van der Waals surface area contributed by atoms with Gasteiger partial charge in [-0.25, -0.2) is 4.79 Å². The lowest BCUT2D eigenvalue weighted by Crippen LogP contribution is -2.07. The van der Waals surface area contributed by atoms with Crippen molar-refractivity contribution in [1.82, 2.24) is 4.98 Å². The summed E-state index contributed by atoms with van der Waals surface area (Å²) in [6.45, 7) is 5.91. The lowest BCUT2D eigenvalue weighted by Gasteiger charge is -2.09. The third-order valence-electron chi connectivity index (χ3n) is 2.12. The van der Waals surface area contributed by atoms with Crippen LogP contribution < -0.4 is 0 Å². The molecule has 3 heteroatoms. The standard InChI is InChI=1S/C11H15NO2/c1-4-8-5-6-9(11(13)14)10(12-8)7(2)3/h5-7H,4H2,1-3H3,(H,13,14). The number of nitrogens with zero attached hydrogens (tertiary/aromatic N) is 1. The first-order valence-corrected chi connectivity index (χ1v) is 4.79. The first kappa shape index (κ1) is 10.7. The number of aromatic carboxylic acids is 1. The molecule has 1 heterocycles. The normalized spacial score (nSPS) is 10.6. The van der Waals surface area contributed by atoms with Gasteiger partial charge in [0.25, 0.3) is 0 Å². The zero-order chi connectivity index (χ0) is 10.7. The third kappa shape index (κ3) is 2.10. The van der Waals surface area contributed by atoms with E-state index in [-0.39, 0.29) is 5.92 Å². The minimum absolute atomic E-state index is 0.146. The Kier molecular flexibility index (Phi) is 3.23. The minimum atomic E-state index is -0.899. The van der Waals surface area contributed by atoms with Crippen LogP contribution in [0, 0.1) is 0 Å². The molecule has 0 amide bonds. The number of carbonyl (C=O) groups is 1. The summed E-state index contributed by atoms with van der Waals surface area (Å²) >= 11 is 0. The second-order valence-electron chi connectivity index (χ2n) is 3.55. The Morgan fingerprint density at radius 2 is 2.14 bits per heavy atom. The molecule has 14 heavy (non-hydrogen) atoms. The van der Waals surface area contributed by atoms with Crippen LogP contribution in [0.5, 0.6) is 0 Å². The predicted octanol–water partition coefficient (Wildman–Crippen LogP) is 2.47. The number of rotatable bonds is 3. The first-order chi connectivity index (χ1) is 6.56. The monoisotopic (exact) mass is 193 g/mol. The van der Waals surface area contributed by atoms with Crippen molar-refractivity contribution in [2.24, 2.45) is 0 Å². The average molecular weight is 193 g/mol. The zero-order valence-electron chi connectivity index (χ0n) is 8.74. The number of hydrogen-bond donors (Lipinski definition) is 1. The molecule has 1 aromatic rings. The molecule has 1 N–H and O–H groups in total. The quantitative estimate of drug-likeness (QED) is 0.802. The number of aryl methyl sites for hydroxylation is 1. The van der Waals surface area contributed by atoms with Gasteiger partial charge >= 0.3 is 5.97 Å². The second-order valence-corrected chi connectivity index (χ2v) is 3.55. The van der Waals surface area contributed by atoms with Gasteiger partial charge in [0.05, 0.1) is 11.3 Å². The van der Waals surface area contributed by atoms with Crippen LogP contribution in [-0.4, -0.2) is 16.1 Å². The van der Waals surface area contributed by atoms with Gasteiger partial charge in [0.1, 0.15) is 0 Å². The topological polar surface area (TPSA) is 50.2 Å². The fourth-order valence-electron chi connectivity index (χ4n) is 1.33. The van der Waals surface area contributed by atoms with Crippen molar-refractivity contribution in [1.29, 1.82) is 0 Å². The maximum atomic E-state index is 10.9. The van der Waals surface area contributed by atoms with E-state index in [4.69, 9.17) is 5.11 Å². The smallest absolute Gasteiger partial charge is 0.337 e. The molecule has 0 saturated heterocycles. The molecule has 0 atom stereocenters. The molecule has 0 aliphatic carbocycles. The number of hydrogen-bond acceptors (Lipinski definition) is 2. The van der Waals surface area contributed by atoms with Gasteiger partial charge in [0.15, 0.2) is 0 Å². The van der Waals surface area contributed by atoms with Gasteiger partial charge in [0.2, 0.25) is 0 Å². The molecule has 0 bridgehead atoms.